The molecule has 0 aliphatic carbocycles. The third-order valence-electron chi connectivity index (χ3n) is 4.75. The highest BCUT2D eigenvalue weighted by Gasteiger charge is 2.25. The van der Waals surface area contributed by atoms with E-state index in [4.69, 9.17) is 20.0 Å². The lowest BCUT2D eigenvalue weighted by Crippen LogP contribution is -2.45. The summed E-state index contributed by atoms with van der Waals surface area (Å²) in [4.78, 5) is 38.8. The van der Waals surface area contributed by atoms with Gasteiger partial charge in [0.1, 0.15) is 12.6 Å². The van der Waals surface area contributed by atoms with Gasteiger partial charge in [-0.3, -0.25) is 4.79 Å². The first-order chi connectivity index (χ1) is 16.5. The molecule has 2 aromatic rings. The number of amides is 2. The highest BCUT2D eigenvalue weighted by Crippen LogP contribution is 2.07. The maximum absolute atomic E-state index is 12.7. The minimum absolute atomic E-state index is 0.0327. The molecule has 2 rings (SSSR count). The van der Waals surface area contributed by atoms with E-state index in [0.29, 0.717) is 0 Å². The number of nitriles is 2. The zero-order chi connectivity index (χ0) is 24.6. The van der Waals surface area contributed by atoms with Gasteiger partial charge in [-0.2, -0.15) is 10.5 Å². The average molecular weight is 463 g/mol. The number of ether oxygens (including phenoxy) is 2. The van der Waals surface area contributed by atoms with Crippen molar-refractivity contribution in [2.75, 3.05) is 19.7 Å². The molecule has 34 heavy (non-hydrogen) atoms. The molecule has 9 nitrogen and oxygen atoms in total. The summed E-state index contributed by atoms with van der Waals surface area (Å²) in [6.45, 7) is -0.273. The van der Waals surface area contributed by atoms with E-state index in [0.717, 1.165) is 11.1 Å². The number of nitrogens with zero attached hydrogens (tertiary/aromatic N) is 3. The zero-order valence-corrected chi connectivity index (χ0v) is 18.7. The minimum Gasteiger partial charge on any atom is -0.454 e. The quantitative estimate of drug-likeness (QED) is 0.480. The van der Waals surface area contributed by atoms with E-state index in [2.05, 4.69) is 5.32 Å². The number of alkyl carbamates (subject to hydrolysis) is 1. The molecule has 0 radical (unpaired) electrons. The number of carbonyl (C=O) groups is 3. The maximum Gasteiger partial charge on any atom is 0.408 e. The van der Waals surface area contributed by atoms with E-state index in [1.807, 2.05) is 36.4 Å². The Morgan fingerprint density at radius 1 is 0.853 bits per heavy atom. The van der Waals surface area contributed by atoms with Gasteiger partial charge in [0.25, 0.3) is 5.91 Å². The van der Waals surface area contributed by atoms with Gasteiger partial charge in [-0.25, -0.2) is 9.59 Å². The summed E-state index contributed by atoms with van der Waals surface area (Å²) in [5.41, 5.74) is 1.57. The molecular formula is C25H26N4O5. The molecule has 2 aromatic carbocycles. The van der Waals surface area contributed by atoms with Crippen LogP contribution in [0.5, 0.6) is 0 Å². The van der Waals surface area contributed by atoms with E-state index in [1.54, 1.807) is 36.4 Å². The predicted octanol–water partition coefficient (Wildman–Crippen LogP) is 2.72. The Kier molecular flexibility index (Phi) is 11.2. The van der Waals surface area contributed by atoms with Crippen LogP contribution in [0, 0.1) is 22.7 Å². The van der Waals surface area contributed by atoms with Crippen LogP contribution in [-0.4, -0.2) is 48.6 Å². The third kappa shape index (κ3) is 9.41. The fraction of sp³-hybridized carbons (Fsp3) is 0.320. The Morgan fingerprint density at radius 3 is 1.97 bits per heavy atom. The monoisotopic (exact) mass is 462 g/mol. The van der Waals surface area contributed by atoms with Crippen molar-refractivity contribution in [3.8, 4) is 12.1 Å². The molecule has 0 aliphatic rings. The lowest BCUT2D eigenvalue weighted by atomic mass is 10.1. The second-order valence-corrected chi connectivity index (χ2v) is 7.25. The molecule has 0 saturated carbocycles. The largest absolute Gasteiger partial charge is 0.454 e. The van der Waals surface area contributed by atoms with Crippen LogP contribution < -0.4 is 5.32 Å². The van der Waals surface area contributed by atoms with Gasteiger partial charge in [-0.15, -0.1) is 0 Å². The van der Waals surface area contributed by atoms with E-state index in [9.17, 15) is 14.4 Å². The van der Waals surface area contributed by atoms with Crippen molar-refractivity contribution < 1.29 is 23.9 Å². The highest BCUT2D eigenvalue weighted by molar-refractivity contribution is 5.85. The van der Waals surface area contributed by atoms with Crippen molar-refractivity contribution in [3.05, 3.63) is 71.8 Å². The number of hydrogen-bond donors (Lipinski definition) is 1. The fourth-order valence-corrected chi connectivity index (χ4v) is 3.01. The number of hydrogen-bond acceptors (Lipinski definition) is 7. The van der Waals surface area contributed by atoms with Crippen LogP contribution in [0.15, 0.2) is 60.7 Å². The van der Waals surface area contributed by atoms with Gasteiger partial charge >= 0.3 is 12.1 Å². The molecule has 0 fully saturated rings. The van der Waals surface area contributed by atoms with Gasteiger partial charge in [-0.05, 0) is 11.1 Å². The van der Waals surface area contributed by atoms with Crippen LogP contribution in [-0.2, 0) is 32.1 Å². The van der Waals surface area contributed by atoms with Crippen LogP contribution in [0.3, 0.4) is 0 Å². The average Bonchev–Trinajstić information content (AvgIpc) is 2.86. The van der Waals surface area contributed by atoms with Gasteiger partial charge in [-0.1, -0.05) is 60.7 Å². The molecule has 0 bridgehead atoms. The van der Waals surface area contributed by atoms with Crippen molar-refractivity contribution in [1.29, 1.82) is 10.5 Å². The van der Waals surface area contributed by atoms with Gasteiger partial charge in [0.05, 0.1) is 25.0 Å². The first kappa shape index (κ1) is 25.9. The highest BCUT2D eigenvalue weighted by atomic mass is 16.6. The Hall–Kier alpha value is -4.37. The summed E-state index contributed by atoms with van der Waals surface area (Å²) in [7, 11) is 0. The van der Waals surface area contributed by atoms with Gasteiger partial charge in [0, 0.05) is 19.5 Å². The second-order valence-electron chi connectivity index (χ2n) is 7.25. The number of rotatable bonds is 12. The summed E-state index contributed by atoms with van der Waals surface area (Å²) < 4.78 is 10.4. The molecule has 9 heteroatoms. The molecule has 0 spiro atoms. The molecule has 0 aliphatic heterocycles. The molecule has 176 valence electrons. The molecule has 1 unspecified atom stereocenters. The number of nitrogens with one attached hydrogen (secondary N) is 1. The topological polar surface area (TPSA) is 133 Å². The van der Waals surface area contributed by atoms with Crippen LogP contribution in [0.2, 0.25) is 0 Å². The maximum atomic E-state index is 12.7. The minimum atomic E-state index is -1.08. The normalized spacial score (nSPS) is 10.8. The zero-order valence-electron chi connectivity index (χ0n) is 18.7. The lowest BCUT2D eigenvalue weighted by Gasteiger charge is -2.21. The molecule has 0 aromatic heterocycles. The van der Waals surface area contributed by atoms with Gasteiger partial charge < -0.3 is 19.7 Å². The summed E-state index contributed by atoms with van der Waals surface area (Å²) in [5.74, 6) is -1.32. The second kappa shape index (κ2) is 14.6. The van der Waals surface area contributed by atoms with Crippen molar-refractivity contribution in [1.82, 2.24) is 10.2 Å². The Balaban J connectivity index is 1.99. The van der Waals surface area contributed by atoms with Crippen LogP contribution in [0.25, 0.3) is 0 Å². The van der Waals surface area contributed by atoms with Crippen molar-refractivity contribution >= 4 is 18.0 Å². The Labute approximate surface area is 198 Å². The van der Waals surface area contributed by atoms with E-state index in [-0.39, 0.29) is 39.0 Å². The van der Waals surface area contributed by atoms with E-state index in [1.165, 1.54) is 4.90 Å². The standard InChI is InChI=1S/C25H26N4O5/c26-13-7-15-29(16-8-14-27)23(30)19-33-24(31)22(17-20-9-3-1-4-10-20)28-25(32)34-18-21-11-5-2-6-12-21/h1-6,9-12,22H,7-8,15-19H2,(H,28,32). The summed E-state index contributed by atoms with van der Waals surface area (Å²) in [6, 6.07) is 20.9. The third-order valence-corrected chi connectivity index (χ3v) is 4.75. The Bertz CT molecular complexity index is 997. The first-order valence-electron chi connectivity index (χ1n) is 10.7. The van der Waals surface area contributed by atoms with Gasteiger partial charge in [0.2, 0.25) is 0 Å². The van der Waals surface area contributed by atoms with Crippen molar-refractivity contribution in [3.63, 3.8) is 0 Å². The van der Waals surface area contributed by atoms with Crippen LogP contribution in [0.1, 0.15) is 24.0 Å². The molecule has 1 atom stereocenters. The van der Waals surface area contributed by atoms with Gasteiger partial charge in [0.15, 0.2) is 6.61 Å². The smallest absolute Gasteiger partial charge is 0.408 e. The fourth-order valence-electron chi connectivity index (χ4n) is 3.01. The van der Waals surface area contributed by atoms with Crippen molar-refractivity contribution in [2.45, 2.75) is 31.9 Å². The SMILES string of the molecule is N#CCCN(CCC#N)C(=O)COC(=O)C(Cc1ccccc1)NC(=O)OCc1ccccc1. The molecule has 0 saturated heterocycles. The number of esters is 1. The molecule has 0 heterocycles. The number of carbonyl (C=O) groups excluding carboxylic acids is 3. The van der Waals surface area contributed by atoms with E-state index >= 15 is 0 Å². The summed E-state index contributed by atoms with van der Waals surface area (Å²) in [5, 5.41) is 20.0. The Morgan fingerprint density at radius 2 is 1.41 bits per heavy atom. The van der Waals surface area contributed by atoms with Crippen LogP contribution in [0.4, 0.5) is 4.79 Å². The summed E-state index contributed by atoms with van der Waals surface area (Å²) >= 11 is 0. The van der Waals surface area contributed by atoms with E-state index < -0.39 is 30.6 Å². The van der Waals surface area contributed by atoms with Crippen molar-refractivity contribution in [2.24, 2.45) is 0 Å². The molecule has 1 N–H and O–H groups in total. The summed E-state index contributed by atoms with van der Waals surface area (Å²) in [6.07, 6.45) is -0.466. The molecular weight excluding hydrogens is 436 g/mol. The predicted molar refractivity (Wildman–Crippen MR) is 122 cm³/mol. The lowest BCUT2D eigenvalue weighted by molar-refractivity contribution is -0.153. The first-order valence-corrected chi connectivity index (χ1v) is 10.7. The molecule has 2 amide bonds. The number of benzene rings is 2. The van der Waals surface area contributed by atoms with Crippen LogP contribution >= 0.6 is 0 Å².